The van der Waals surface area contributed by atoms with Crippen molar-refractivity contribution in [2.75, 3.05) is 0 Å². The summed E-state index contributed by atoms with van der Waals surface area (Å²) in [5.74, 6) is -0.365. The summed E-state index contributed by atoms with van der Waals surface area (Å²) in [6, 6.07) is 18.6. The minimum atomic E-state index is -0.365. The highest BCUT2D eigenvalue weighted by Crippen LogP contribution is 2.17. The summed E-state index contributed by atoms with van der Waals surface area (Å²) in [4.78, 5) is 12.2. The zero-order chi connectivity index (χ0) is 16.9. The number of halogens is 1. The predicted octanol–water partition coefficient (Wildman–Crippen LogP) is 3.88. The average molecular weight is 339 g/mol. The van der Waals surface area contributed by atoms with Gasteiger partial charge in [0.05, 0.1) is 11.4 Å². The van der Waals surface area contributed by atoms with E-state index in [2.05, 4.69) is 20.7 Å². The van der Waals surface area contributed by atoms with Crippen LogP contribution in [0.4, 0.5) is 0 Å². The Balaban J connectivity index is 1.73. The average Bonchev–Trinajstić information content (AvgIpc) is 3.11. The molecule has 0 atom stereocenters. The molecule has 24 heavy (non-hydrogen) atoms. The first-order valence-electron chi connectivity index (χ1n) is 7.35. The number of carbonyl (C=O) groups excluding carboxylic acids is 1. The lowest BCUT2D eigenvalue weighted by Crippen LogP contribution is -2.19. The van der Waals surface area contributed by atoms with Crippen LogP contribution in [0.25, 0.3) is 11.3 Å². The van der Waals surface area contributed by atoms with Crippen LogP contribution in [0.2, 0.25) is 5.02 Å². The van der Waals surface area contributed by atoms with E-state index in [1.807, 2.05) is 48.5 Å². The molecule has 0 radical (unpaired) electrons. The maximum atomic E-state index is 12.2. The second-order valence-corrected chi connectivity index (χ2v) is 5.56. The maximum absolute atomic E-state index is 12.2. The van der Waals surface area contributed by atoms with Gasteiger partial charge < -0.3 is 0 Å². The van der Waals surface area contributed by atoms with Gasteiger partial charge in [-0.15, -0.1) is 0 Å². The van der Waals surface area contributed by atoms with Crippen molar-refractivity contribution in [2.45, 2.75) is 6.92 Å². The topological polar surface area (TPSA) is 70.1 Å². The number of carbonyl (C=O) groups is 1. The summed E-state index contributed by atoms with van der Waals surface area (Å²) in [5, 5.41) is 11.6. The van der Waals surface area contributed by atoms with Crippen molar-refractivity contribution in [3.8, 4) is 11.3 Å². The molecule has 0 spiro atoms. The number of nitrogens with one attached hydrogen (secondary N) is 2. The van der Waals surface area contributed by atoms with Gasteiger partial charge in [0.2, 0.25) is 0 Å². The summed E-state index contributed by atoms with van der Waals surface area (Å²) in [7, 11) is 0. The number of hydrogen-bond acceptors (Lipinski definition) is 3. The van der Waals surface area contributed by atoms with Crippen LogP contribution in [0, 0.1) is 0 Å². The van der Waals surface area contributed by atoms with E-state index >= 15 is 0 Å². The molecule has 0 saturated heterocycles. The molecule has 0 unspecified atom stereocenters. The summed E-state index contributed by atoms with van der Waals surface area (Å²) >= 11 is 6.11. The molecule has 0 aliphatic heterocycles. The van der Waals surface area contributed by atoms with Crippen LogP contribution < -0.4 is 5.43 Å². The molecule has 0 bridgehead atoms. The third kappa shape index (κ3) is 3.52. The molecule has 2 N–H and O–H groups in total. The van der Waals surface area contributed by atoms with Crippen molar-refractivity contribution in [1.82, 2.24) is 15.6 Å². The summed E-state index contributed by atoms with van der Waals surface area (Å²) < 4.78 is 0. The minimum Gasteiger partial charge on any atom is -0.272 e. The van der Waals surface area contributed by atoms with E-state index in [1.54, 1.807) is 19.1 Å². The van der Waals surface area contributed by atoms with Crippen LogP contribution in [0.5, 0.6) is 0 Å². The number of hydrogen-bond donors (Lipinski definition) is 2. The molecule has 3 aromatic rings. The van der Waals surface area contributed by atoms with E-state index in [0.29, 0.717) is 22.1 Å². The number of hydrazone groups is 1. The Labute approximate surface area is 144 Å². The first kappa shape index (κ1) is 16.0. The molecule has 0 saturated carbocycles. The third-order valence-electron chi connectivity index (χ3n) is 3.48. The Morgan fingerprint density at radius 1 is 1.12 bits per heavy atom. The second kappa shape index (κ2) is 7.10. The Kier molecular flexibility index (Phi) is 4.72. The van der Waals surface area contributed by atoms with Gasteiger partial charge in [0, 0.05) is 16.1 Å². The fourth-order valence-electron chi connectivity index (χ4n) is 2.20. The normalized spacial score (nSPS) is 11.3. The number of amides is 1. The number of aromatic nitrogens is 2. The zero-order valence-corrected chi connectivity index (χ0v) is 13.7. The van der Waals surface area contributed by atoms with Crippen LogP contribution >= 0.6 is 11.6 Å². The number of benzene rings is 2. The van der Waals surface area contributed by atoms with Gasteiger partial charge in [-0.05, 0) is 19.1 Å². The third-order valence-corrected chi connectivity index (χ3v) is 3.81. The number of aromatic amines is 1. The fraction of sp³-hybridized carbons (Fsp3) is 0.0556. The first-order chi connectivity index (χ1) is 11.6. The fourth-order valence-corrected chi connectivity index (χ4v) is 2.48. The largest absolute Gasteiger partial charge is 0.289 e. The van der Waals surface area contributed by atoms with Gasteiger partial charge in [-0.2, -0.15) is 10.2 Å². The van der Waals surface area contributed by atoms with Crippen molar-refractivity contribution in [3.05, 3.63) is 76.9 Å². The van der Waals surface area contributed by atoms with Crippen LogP contribution in [0.1, 0.15) is 23.0 Å². The lowest BCUT2D eigenvalue weighted by Gasteiger charge is -2.03. The van der Waals surface area contributed by atoms with Crippen molar-refractivity contribution >= 4 is 23.2 Å². The number of H-pyrrole nitrogens is 1. The molecule has 6 heteroatoms. The summed E-state index contributed by atoms with van der Waals surface area (Å²) in [5.41, 5.74) is 5.88. The van der Waals surface area contributed by atoms with Gasteiger partial charge >= 0.3 is 0 Å². The van der Waals surface area contributed by atoms with Crippen molar-refractivity contribution in [1.29, 1.82) is 0 Å². The monoisotopic (exact) mass is 338 g/mol. The summed E-state index contributed by atoms with van der Waals surface area (Å²) in [6.07, 6.45) is 0. The van der Waals surface area contributed by atoms with Gasteiger partial charge in [0.15, 0.2) is 0 Å². The molecular formula is C18H15ClN4O. The molecule has 0 fully saturated rings. The van der Waals surface area contributed by atoms with E-state index in [1.165, 1.54) is 0 Å². The Hall–Kier alpha value is -2.92. The first-order valence-corrected chi connectivity index (χ1v) is 7.73. The molecule has 120 valence electrons. The van der Waals surface area contributed by atoms with E-state index in [9.17, 15) is 4.79 Å². The van der Waals surface area contributed by atoms with Crippen LogP contribution in [-0.2, 0) is 0 Å². The van der Waals surface area contributed by atoms with Gasteiger partial charge in [0.1, 0.15) is 5.69 Å². The molecule has 5 nitrogen and oxygen atoms in total. The standard InChI is InChI=1S/C18H15ClN4O/c1-12(14-9-5-6-10-15(14)19)20-23-18(24)17-11-16(21-22-17)13-7-3-2-4-8-13/h2-11H,1H3,(H,21,22)(H,23,24). The zero-order valence-electron chi connectivity index (χ0n) is 13.0. The molecule has 1 amide bonds. The quantitative estimate of drug-likeness (QED) is 0.559. The van der Waals surface area contributed by atoms with Gasteiger partial charge in [-0.25, -0.2) is 5.43 Å². The van der Waals surface area contributed by atoms with E-state index in [0.717, 1.165) is 11.1 Å². The SMILES string of the molecule is CC(=NNC(=O)c1cc(-c2ccccc2)n[nH]1)c1ccccc1Cl. The van der Waals surface area contributed by atoms with E-state index < -0.39 is 0 Å². The van der Waals surface area contributed by atoms with Crippen LogP contribution in [0.15, 0.2) is 65.8 Å². The summed E-state index contributed by atoms with van der Waals surface area (Å²) in [6.45, 7) is 1.78. The number of nitrogens with zero attached hydrogens (tertiary/aromatic N) is 2. The molecule has 3 rings (SSSR count). The Bertz CT molecular complexity index is 887. The lowest BCUT2D eigenvalue weighted by atomic mass is 10.1. The van der Waals surface area contributed by atoms with Crippen molar-refractivity contribution in [3.63, 3.8) is 0 Å². The minimum absolute atomic E-state index is 0.338. The molecule has 0 aliphatic rings. The maximum Gasteiger partial charge on any atom is 0.289 e. The van der Waals surface area contributed by atoms with Gasteiger partial charge in [-0.3, -0.25) is 9.89 Å². The van der Waals surface area contributed by atoms with Crippen LogP contribution in [0.3, 0.4) is 0 Å². The smallest absolute Gasteiger partial charge is 0.272 e. The molecular weight excluding hydrogens is 324 g/mol. The van der Waals surface area contributed by atoms with Crippen molar-refractivity contribution < 1.29 is 4.79 Å². The molecule has 0 aliphatic carbocycles. The lowest BCUT2D eigenvalue weighted by molar-refractivity contribution is 0.0950. The van der Waals surface area contributed by atoms with E-state index in [4.69, 9.17) is 11.6 Å². The van der Waals surface area contributed by atoms with Crippen molar-refractivity contribution in [2.24, 2.45) is 5.10 Å². The van der Waals surface area contributed by atoms with Gasteiger partial charge in [0.25, 0.3) is 5.91 Å². The Morgan fingerprint density at radius 3 is 2.58 bits per heavy atom. The van der Waals surface area contributed by atoms with Gasteiger partial charge in [-0.1, -0.05) is 60.1 Å². The van der Waals surface area contributed by atoms with E-state index in [-0.39, 0.29) is 5.91 Å². The highest BCUT2D eigenvalue weighted by molar-refractivity contribution is 6.34. The highest BCUT2D eigenvalue weighted by Gasteiger charge is 2.11. The molecule has 2 aromatic carbocycles. The second-order valence-electron chi connectivity index (χ2n) is 5.15. The predicted molar refractivity (Wildman–Crippen MR) is 95.2 cm³/mol. The Morgan fingerprint density at radius 2 is 1.83 bits per heavy atom. The molecule has 1 heterocycles. The van der Waals surface area contributed by atoms with Crippen LogP contribution in [-0.4, -0.2) is 21.8 Å². The highest BCUT2D eigenvalue weighted by atomic mass is 35.5. The molecule has 1 aromatic heterocycles. The number of rotatable bonds is 4.